The average molecular weight is 226 g/mol. The summed E-state index contributed by atoms with van der Waals surface area (Å²) in [5, 5.41) is 19.2. The van der Waals surface area contributed by atoms with Gasteiger partial charge in [0.1, 0.15) is 0 Å². The van der Waals surface area contributed by atoms with Crippen molar-refractivity contribution in [1.82, 2.24) is 0 Å². The van der Waals surface area contributed by atoms with Gasteiger partial charge in [-0.1, -0.05) is 39.0 Å². The first kappa shape index (κ1) is 17.5. The zero-order valence-electron chi connectivity index (χ0n) is 9.29. The Morgan fingerprint density at radius 1 is 1.29 bits per heavy atom. The molecule has 0 amide bonds. The molecule has 0 bridgehead atoms. The largest absolute Gasteiger partial charge is 1.00 e. The van der Waals surface area contributed by atoms with E-state index in [9.17, 15) is 9.90 Å². The molecule has 0 aromatic heterocycles. The maximum atomic E-state index is 10.1. The number of carboxylic acids is 1. The van der Waals surface area contributed by atoms with Crippen molar-refractivity contribution < 1.29 is 66.4 Å². The summed E-state index contributed by atoms with van der Waals surface area (Å²) in [5.41, 5.74) is 0. The molecule has 0 saturated heterocycles. The number of aliphatic hydroxyl groups is 1. The second-order valence-electron chi connectivity index (χ2n) is 3.43. The van der Waals surface area contributed by atoms with Crippen LogP contribution in [0, 0.1) is 0 Å². The van der Waals surface area contributed by atoms with E-state index in [1.54, 1.807) is 0 Å². The van der Waals surface area contributed by atoms with E-state index in [-0.39, 0.29) is 57.8 Å². The molecular weight excluding hydrogens is 207 g/mol. The van der Waals surface area contributed by atoms with Crippen molar-refractivity contribution in [3.8, 4) is 0 Å². The standard InChI is InChI=1S/C10H20O3.K/c1-2-3-4-5-6-7-9(11)8-10(12)13;/h9,11H,2-8H2,1H3,(H,12,13);/q;+1/p-1. The van der Waals surface area contributed by atoms with Crippen molar-refractivity contribution in [1.29, 1.82) is 0 Å². The SMILES string of the molecule is CCCCCCCC(O)CC(=O)[O-].[K+]. The van der Waals surface area contributed by atoms with Gasteiger partial charge in [0, 0.05) is 12.4 Å². The summed E-state index contributed by atoms with van der Waals surface area (Å²) in [6, 6.07) is 0. The predicted octanol–water partition coefficient (Wildman–Crippen LogP) is -2.15. The monoisotopic (exact) mass is 226 g/mol. The van der Waals surface area contributed by atoms with Crippen LogP contribution in [0.5, 0.6) is 0 Å². The van der Waals surface area contributed by atoms with Crippen LogP contribution in [-0.4, -0.2) is 17.2 Å². The summed E-state index contributed by atoms with van der Waals surface area (Å²) >= 11 is 0. The molecule has 4 heteroatoms. The third-order valence-corrected chi connectivity index (χ3v) is 2.04. The molecule has 78 valence electrons. The van der Waals surface area contributed by atoms with Crippen LogP contribution in [0.15, 0.2) is 0 Å². The van der Waals surface area contributed by atoms with Gasteiger partial charge in [-0.05, 0) is 6.42 Å². The van der Waals surface area contributed by atoms with Crippen molar-refractivity contribution in [3.05, 3.63) is 0 Å². The van der Waals surface area contributed by atoms with Crippen molar-refractivity contribution >= 4 is 5.97 Å². The van der Waals surface area contributed by atoms with Gasteiger partial charge < -0.3 is 15.0 Å². The quantitative estimate of drug-likeness (QED) is 0.379. The summed E-state index contributed by atoms with van der Waals surface area (Å²) in [6.07, 6.45) is 5.22. The van der Waals surface area contributed by atoms with Crippen LogP contribution >= 0.6 is 0 Å². The Kier molecular flexibility index (Phi) is 15.1. The first-order valence-electron chi connectivity index (χ1n) is 5.04. The van der Waals surface area contributed by atoms with E-state index in [1.807, 2.05) is 0 Å². The summed E-state index contributed by atoms with van der Waals surface area (Å²) in [7, 11) is 0. The molecule has 14 heavy (non-hydrogen) atoms. The predicted molar refractivity (Wildman–Crippen MR) is 49.0 cm³/mol. The maximum Gasteiger partial charge on any atom is 1.00 e. The van der Waals surface area contributed by atoms with E-state index in [0.717, 1.165) is 12.8 Å². The number of hydrogen-bond donors (Lipinski definition) is 1. The third-order valence-electron chi connectivity index (χ3n) is 2.04. The molecule has 0 aliphatic carbocycles. The Labute approximate surface area is 129 Å². The minimum absolute atomic E-state index is 0. The van der Waals surface area contributed by atoms with Gasteiger partial charge in [0.2, 0.25) is 0 Å². The molecule has 0 aromatic rings. The molecule has 1 atom stereocenters. The number of unbranched alkanes of at least 4 members (excludes halogenated alkanes) is 4. The number of carbonyl (C=O) groups is 1. The summed E-state index contributed by atoms with van der Waals surface area (Å²) in [4.78, 5) is 10.1. The molecule has 1 unspecified atom stereocenters. The average Bonchev–Trinajstić information content (AvgIpc) is 2.02. The first-order valence-corrected chi connectivity index (χ1v) is 5.04. The Morgan fingerprint density at radius 3 is 2.36 bits per heavy atom. The molecule has 0 aliphatic heterocycles. The maximum absolute atomic E-state index is 10.1. The molecular formula is C10H19KO3. The van der Waals surface area contributed by atoms with Crippen LogP contribution in [0.1, 0.15) is 51.9 Å². The van der Waals surface area contributed by atoms with E-state index < -0.39 is 12.1 Å². The normalized spacial score (nSPS) is 11.9. The molecule has 0 heterocycles. The van der Waals surface area contributed by atoms with Crippen LogP contribution in [0.25, 0.3) is 0 Å². The Bertz CT molecular complexity index is 139. The first-order chi connectivity index (χ1) is 6.16. The van der Waals surface area contributed by atoms with Crippen molar-refractivity contribution in [3.63, 3.8) is 0 Å². The van der Waals surface area contributed by atoms with Crippen molar-refractivity contribution in [2.75, 3.05) is 0 Å². The number of hydrogen-bond acceptors (Lipinski definition) is 3. The Morgan fingerprint density at radius 2 is 1.86 bits per heavy atom. The third kappa shape index (κ3) is 13.1. The van der Waals surface area contributed by atoms with Crippen LogP contribution in [0.4, 0.5) is 0 Å². The number of aliphatic carboxylic acids is 1. The zero-order valence-corrected chi connectivity index (χ0v) is 12.4. The van der Waals surface area contributed by atoms with Gasteiger partial charge in [-0.25, -0.2) is 0 Å². The zero-order chi connectivity index (χ0) is 10.1. The van der Waals surface area contributed by atoms with Gasteiger partial charge in [0.15, 0.2) is 0 Å². The topological polar surface area (TPSA) is 60.4 Å². The fourth-order valence-corrected chi connectivity index (χ4v) is 1.28. The molecule has 0 spiro atoms. The van der Waals surface area contributed by atoms with Crippen molar-refractivity contribution in [2.45, 2.75) is 58.0 Å². The van der Waals surface area contributed by atoms with Gasteiger partial charge in [-0.3, -0.25) is 0 Å². The second kappa shape index (κ2) is 12.1. The van der Waals surface area contributed by atoms with E-state index in [2.05, 4.69) is 6.92 Å². The molecule has 0 rings (SSSR count). The Balaban J connectivity index is 0. The van der Waals surface area contributed by atoms with E-state index in [4.69, 9.17) is 5.11 Å². The van der Waals surface area contributed by atoms with E-state index >= 15 is 0 Å². The van der Waals surface area contributed by atoms with Gasteiger partial charge in [-0.2, -0.15) is 0 Å². The molecule has 0 aliphatic rings. The van der Waals surface area contributed by atoms with E-state index in [0.29, 0.717) is 6.42 Å². The number of carbonyl (C=O) groups excluding carboxylic acids is 1. The molecule has 0 radical (unpaired) electrons. The number of rotatable bonds is 8. The summed E-state index contributed by atoms with van der Waals surface area (Å²) in [5.74, 6) is -1.17. The van der Waals surface area contributed by atoms with Gasteiger partial charge in [-0.15, -0.1) is 0 Å². The molecule has 3 nitrogen and oxygen atoms in total. The summed E-state index contributed by atoms with van der Waals surface area (Å²) < 4.78 is 0. The van der Waals surface area contributed by atoms with Gasteiger partial charge in [0.25, 0.3) is 0 Å². The van der Waals surface area contributed by atoms with Gasteiger partial charge >= 0.3 is 51.4 Å². The Hall–Kier alpha value is 1.07. The van der Waals surface area contributed by atoms with Crippen LogP contribution in [0.3, 0.4) is 0 Å². The molecule has 0 aromatic carbocycles. The fourth-order valence-electron chi connectivity index (χ4n) is 1.28. The number of aliphatic hydroxyl groups excluding tert-OH is 1. The van der Waals surface area contributed by atoms with E-state index in [1.165, 1.54) is 19.3 Å². The second-order valence-corrected chi connectivity index (χ2v) is 3.43. The van der Waals surface area contributed by atoms with Crippen LogP contribution in [-0.2, 0) is 4.79 Å². The molecule has 0 saturated carbocycles. The van der Waals surface area contributed by atoms with Crippen molar-refractivity contribution in [2.24, 2.45) is 0 Å². The van der Waals surface area contributed by atoms with Crippen LogP contribution in [0.2, 0.25) is 0 Å². The number of carboxylic acid groups (broad SMARTS) is 1. The van der Waals surface area contributed by atoms with Gasteiger partial charge in [0.05, 0.1) is 6.10 Å². The van der Waals surface area contributed by atoms with Crippen LogP contribution < -0.4 is 56.5 Å². The fraction of sp³-hybridized carbons (Fsp3) is 0.900. The smallest absolute Gasteiger partial charge is 0.550 e. The molecule has 1 N–H and O–H groups in total. The minimum atomic E-state index is -1.17. The summed E-state index contributed by atoms with van der Waals surface area (Å²) in [6.45, 7) is 2.14. The molecule has 0 fully saturated rings. The minimum Gasteiger partial charge on any atom is -0.550 e.